The largest absolute Gasteiger partial charge is 0.410 e. The third-order valence-corrected chi connectivity index (χ3v) is 7.25. The lowest BCUT2D eigenvalue weighted by Crippen LogP contribution is -2.23. The van der Waals surface area contributed by atoms with E-state index in [0.29, 0.717) is 27.2 Å². The predicted octanol–water partition coefficient (Wildman–Crippen LogP) is 3.28. The van der Waals surface area contributed by atoms with E-state index in [1.165, 1.54) is 35.1 Å². The number of nitrogens with two attached hydrogens (primary N) is 1. The summed E-state index contributed by atoms with van der Waals surface area (Å²) in [5, 5.41) is 5.63. The Bertz CT molecular complexity index is 1780. The Morgan fingerprint density at radius 2 is 1.77 bits per heavy atom. The molecule has 0 unspecified atom stereocenters. The molecule has 2 aromatic heterocycles. The van der Waals surface area contributed by atoms with Crippen molar-refractivity contribution >= 4 is 37.6 Å². The number of hydrogen-bond donors (Lipinski definition) is 1. The summed E-state index contributed by atoms with van der Waals surface area (Å²) in [6, 6.07) is 19.4. The number of ether oxygens (including phenoxy) is 1. The number of rotatable bonds is 5. The summed E-state index contributed by atoms with van der Waals surface area (Å²) in [6.07, 6.45) is 2.05. The SMILES string of the molecule is NC(=O)Oc1cccc(Cn2ncc3cc(S(=O)(=O)c4cccc5cccnc45)ccc3c2=O)c1. The Hall–Kier alpha value is -4.57. The minimum absolute atomic E-state index is 0.0402. The van der Waals surface area contributed by atoms with Gasteiger partial charge >= 0.3 is 6.09 Å². The van der Waals surface area contributed by atoms with Crippen molar-refractivity contribution in [2.45, 2.75) is 16.3 Å². The third-order valence-electron chi connectivity index (χ3n) is 5.47. The summed E-state index contributed by atoms with van der Waals surface area (Å²) in [5.74, 6) is 0.251. The lowest BCUT2D eigenvalue weighted by molar-refractivity contribution is 0.211. The van der Waals surface area contributed by atoms with Gasteiger partial charge in [-0.15, -0.1) is 0 Å². The zero-order valence-corrected chi connectivity index (χ0v) is 19.0. The van der Waals surface area contributed by atoms with E-state index in [1.54, 1.807) is 54.7 Å². The molecule has 5 aromatic rings. The smallest absolute Gasteiger partial charge is 0.409 e. The highest BCUT2D eigenvalue weighted by molar-refractivity contribution is 7.91. The van der Waals surface area contributed by atoms with Crippen LogP contribution in [0.3, 0.4) is 0 Å². The van der Waals surface area contributed by atoms with Crippen molar-refractivity contribution in [3.05, 3.63) is 101 Å². The molecule has 0 atom stereocenters. The van der Waals surface area contributed by atoms with Crippen LogP contribution in [0.2, 0.25) is 0 Å². The molecule has 0 aliphatic carbocycles. The van der Waals surface area contributed by atoms with Gasteiger partial charge in [-0.3, -0.25) is 9.78 Å². The van der Waals surface area contributed by atoms with Gasteiger partial charge in [-0.05, 0) is 48.0 Å². The Kier molecular flexibility index (Phi) is 5.50. The number of pyridine rings is 1. The van der Waals surface area contributed by atoms with Gasteiger partial charge in [0.15, 0.2) is 0 Å². The van der Waals surface area contributed by atoms with Crippen LogP contribution in [0.1, 0.15) is 5.56 Å². The molecule has 0 aliphatic heterocycles. The lowest BCUT2D eigenvalue weighted by Gasteiger charge is -2.10. The topological polar surface area (TPSA) is 134 Å². The highest BCUT2D eigenvalue weighted by Gasteiger charge is 2.22. The van der Waals surface area contributed by atoms with Crippen LogP contribution in [-0.2, 0) is 16.4 Å². The molecule has 0 spiro atoms. The number of carbonyl (C=O) groups excluding carboxylic acids is 1. The van der Waals surface area contributed by atoms with Gasteiger partial charge in [-0.2, -0.15) is 5.10 Å². The van der Waals surface area contributed by atoms with Crippen molar-refractivity contribution in [1.82, 2.24) is 14.8 Å². The summed E-state index contributed by atoms with van der Waals surface area (Å²) in [6.45, 7) is 0.118. The molecule has 0 radical (unpaired) electrons. The highest BCUT2D eigenvalue weighted by Crippen LogP contribution is 2.28. The fraction of sp³-hybridized carbons (Fsp3) is 0.0400. The van der Waals surface area contributed by atoms with Crippen LogP contribution in [0.15, 0.2) is 99.8 Å². The minimum Gasteiger partial charge on any atom is -0.410 e. The Morgan fingerprint density at radius 3 is 2.60 bits per heavy atom. The van der Waals surface area contributed by atoms with Gasteiger partial charge in [0.25, 0.3) is 5.56 Å². The maximum Gasteiger partial charge on any atom is 0.409 e. The van der Waals surface area contributed by atoms with E-state index in [4.69, 9.17) is 10.5 Å². The summed E-state index contributed by atoms with van der Waals surface area (Å²) < 4.78 is 32.9. The van der Waals surface area contributed by atoms with Gasteiger partial charge in [0.05, 0.1) is 33.4 Å². The molecule has 0 saturated carbocycles. The van der Waals surface area contributed by atoms with E-state index >= 15 is 0 Å². The van der Waals surface area contributed by atoms with E-state index in [-0.39, 0.29) is 27.6 Å². The fourth-order valence-corrected chi connectivity index (χ4v) is 5.33. The molecule has 9 nitrogen and oxygen atoms in total. The van der Waals surface area contributed by atoms with E-state index in [0.717, 1.165) is 0 Å². The predicted molar refractivity (Wildman–Crippen MR) is 129 cm³/mol. The van der Waals surface area contributed by atoms with Crippen molar-refractivity contribution in [2.24, 2.45) is 5.73 Å². The molecule has 3 aromatic carbocycles. The van der Waals surface area contributed by atoms with Crippen LogP contribution >= 0.6 is 0 Å². The highest BCUT2D eigenvalue weighted by atomic mass is 32.2. The summed E-state index contributed by atoms with van der Waals surface area (Å²) in [4.78, 5) is 28.4. The molecule has 1 amide bonds. The maximum atomic E-state index is 13.4. The van der Waals surface area contributed by atoms with E-state index in [1.807, 2.05) is 0 Å². The van der Waals surface area contributed by atoms with Crippen molar-refractivity contribution in [3.63, 3.8) is 0 Å². The van der Waals surface area contributed by atoms with Crippen molar-refractivity contribution in [3.8, 4) is 5.75 Å². The van der Waals surface area contributed by atoms with Gasteiger partial charge in [-0.25, -0.2) is 17.9 Å². The number of primary amides is 1. The molecule has 2 heterocycles. The number of aromatic nitrogens is 3. The second-order valence-corrected chi connectivity index (χ2v) is 9.68. The lowest BCUT2D eigenvalue weighted by atomic mass is 10.2. The molecule has 0 aliphatic rings. The van der Waals surface area contributed by atoms with Crippen LogP contribution in [-0.4, -0.2) is 29.3 Å². The molecule has 5 rings (SSSR count). The van der Waals surface area contributed by atoms with Crippen LogP contribution in [0.25, 0.3) is 21.7 Å². The van der Waals surface area contributed by atoms with Crippen molar-refractivity contribution in [2.75, 3.05) is 0 Å². The molecule has 2 N–H and O–H groups in total. The average Bonchev–Trinajstić information content (AvgIpc) is 2.85. The van der Waals surface area contributed by atoms with Gasteiger partial charge in [0, 0.05) is 17.0 Å². The quantitative estimate of drug-likeness (QED) is 0.403. The van der Waals surface area contributed by atoms with Gasteiger partial charge in [-0.1, -0.05) is 30.3 Å². The van der Waals surface area contributed by atoms with Gasteiger partial charge in [0.2, 0.25) is 9.84 Å². The van der Waals surface area contributed by atoms with Crippen LogP contribution < -0.4 is 16.0 Å². The number of benzene rings is 3. The first-order chi connectivity index (χ1) is 16.8. The first-order valence-corrected chi connectivity index (χ1v) is 12.0. The fourth-order valence-electron chi connectivity index (χ4n) is 3.86. The number of sulfone groups is 1. The Morgan fingerprint density at radius 1 is 0.971 bits per heavy atom. The summed E-state index contributed by atoms with van der Waals surface area (Å²) in [5.41, 5.74) is 5.70. The molecule has 10 heteroatoms. The number of para-hydroxylation sites is 1. The first kappa shape index (κ1) is 22.2. The maximum absolute atomic E-state index is 13.4. The average molecular weight is 487 g/mol. The van der Waals surface area contributed by atoms with E-state index in [2.05, 4.69) is 10.1 Å². The summed E-state index contributed by atoms with van der Waals surface area (Å²) in [7, 11) is -3.89. The summed E-state index contributed by atoms with van der Waals surface area (Å²) >= 11 is 0. The van der Waals surface area contributed by atoms with Crippen LogP contribution in [0, 0.1) is 0 Å². The monoisotopic (exact) mass is 486 g/mol. The molecular formula is C25H18N4O5S. The minimum atomic E-state index is -3.89. The zero-order chi connectivity index (χ0) is 24.6. The second-order valence-electron chi connectivity index (χ2n) is 7.76. The molecule has 0 fully saturated rings. The molecular weight excluding hydrogens is 468 g/mol. The standard InChI is InChI=1S/C25H18N4O5S/c26-25(31)34-19-7-1-4-16(12-19)15-29-24(30)21-10-9-20(13-18(21)14-28-29)35(32,33)22-8-2-5-17-6-3-11-27-23(17)22/h1-14H,15H2,(H2,26,31). The van der Waals surface area contributed by atoms with Crippen molar-refractivity contribution < 1.29 is 17.9 Å². The number of nitrogens with zero attached hydrogens (tertiary/aromatic N) is 3. The first-order valence-electron chi connectivity index (χ1n) is 10.5. The van der Waals surface area contributed by atoms with Crippen molar-refractivity contribution in [1.29, 1.82) is 0 Å². The number of hydrogen-bond acceptors (Lipinski definition) is 7. The van der Waals surface area contributed by atoms with Gasteiger partial charge < -0.3 is 10.5 Å². The Balaban J connectivity index is 1.52. The van der Waals surface area contributed by atoms with E-state index in [9.17, 15) is 18.0 Å². The third kappa shape index (κ3) is 4.22. The van der Waals surface area contributed by atoms with E-state index < -0.39 is 15.9 Å². The van der Waals surface area contributed by atoms with Gasteiger partial charge in [0.1, 0.15) is 5.75 Å². The van der Waals surface area contributed by atoms with Crippen LogP contribution in [0.5, 0.6) is 5.75 Å². The zero-order valence-electron chi connectivity index (χ0n) is 18.2. The number of fused-ring (bicyclic) bond motifs is 2. The molecule has 174 valence electrons. The normalized spacial score (nSPS) is 11.5. The second kappa shape index (κ2) is 8.65. The van der Waals surface area contributed by atoms with Crippen LogP contribution in [0.4, 0.5) is 4.79 Å². The Labute approximate surface area is 199 Å². The number of amides is 1. The number of carbonyl (C=O) groups is 1. The molecule has 35 heavy (non-hydrogen) atoms. The molecule has 0 bridgehead atoms. The molecule has 0 saturated heterocycles.